The Morgan fingerprint density at radius 3 is 2.52 bits per heavy atom. The second kappa shape index (κ2) is 7.57. The molecule has 5 heteroatoms. The third kappa shape index (κ3) is 4.29. The van der Waals surface area contributed by atoms with Gasteiger partial charge in [0.15, 0.2) is 0 Å². The van der Waals surface area contributed by atoms with Crippen molar-refractivity contribution >= 4 is 33.4 Å². The SMILES string of the molecule is O=C(c1ccc(F)cc1Cl)N(CCBr)Cc1ccccc1. The van der Waals surface area contributed by atoms with Crippen molar-refractivity contribution < 1.29 is 9.18 Å². The van der Waals surface area contributed by atoms with E-state index in [0.717, 1.165) is 11.6 Å². The fourth-order valence-electron chi connectivity index (χ4n) is 1.99. The smallest absolute Gasteiger partial charge is 0.255 e. The molecular weight excluding hydrogens is 357 g/mol. The maximum atomic E-state index is 13.1. The first-order chi connectivity index (χ1) is 10.1. The molecule has 0 saturated heterocycles. The lowest BCUT2D eigenvalue weighted by Gasteiger charge is -2.22. The molecule has 0 spiro atoms. The van der Waals surface area contributed by atoms with Gasteiger partial charge in [-0.25, -0.2) is 4.39 Å². The summed E-state index contributed by atoms with van der Waals surface area (Å²) in [5, 5.41) is 0.789. The monoisotopic (exact) mass is 369 g/mol. The molecule has 0 radical (unpaired) electrons. The Bertz CT molecular complexity index is 621. The molecule has 0 fully saturated rings. The van der Waals surface area contributed by atoms with Crippen LogP contribution in [-0.2, 0) is 6.54 Å². The Balaban J connectivity index is 2.23. The predicted octanol–water partition coefficient (Wildman–Crippen LogP) is 4.52. The zero-order valence-corrected chi connectivity index (χ0v) is 13.6. The van der Waals surface area contributed by atoms with Gasteiger partial charge in [-0.15, -0.1) is 0 Å². The van der Waals surface area contributed by atoms with E-state index in [1.54, 1.807) is 4.90 Å². The van der Waals surface area contributed by atoms with Crippen LogP contribution in [0.15, 0.2) is 48.5 Å². The molecule has 0 aromatic heterocycles. The summed E-state index contributed by atoms with van der Waals surface area (Å²) >= 11 is 9.32. The third-order valence-electron chi connectivity index (χ3n) is 3.02. The number of carbonyl (C=O) groups excluding carboxylic acids is 1. The summed E-state index contributed by atoms with van der Waals surface area (Å²) in [5.41, 5.74) is 1.35. The topological polar surface area (TPSA) is 20.3 Å². The number of hydrogen-bond donors (Lipinski definition) is 0. The maximum absolute atomic E-state index is 13.1. The molecule has 0 aliphatic rings. The fraction of sp³-hybridized carbons (Fsp3) is 0.188. The number of alkyl halides is 1. The van der Waals surface area contributed by atoms with Gasteiger partial charge in [0.1, 0.15) is 5.82 Å². The summed E-state index contributed by atoms with van der Waals surface area (Å²) in [5.74, 6) is -0.657. The van der Waals surface area contributed by atoms with E-state index in [1.807, 2.05) is 30.3 Å². The number of rotatable bonds is 5. The molecule has 0 aliphatic heterocycles. The van der Waals surface area contributed by atoms with Gasteiger partial charge in [0.25, 0.3) is 5.91 Å². The Kier molecular flexibility index (Phi) is 5.76. The Morgan fingerprint density at radius 2 is 1.90 bits per heavy atom. The lowest BCUT2D eigenvalue weighted by Crippen LogP contribution is -2.32. The van der Waals surface area contributed by atoms with Crippen LogP contribution in [0.3, 0.4) is 0 Å². The van der Waals surface area contributed by atoms with E-state index in [1.165, 1.54) is 12.1 Å². The molecule has 0 heterocycles. The van der Waals surface area contributed by atoms with Crippen LogP contribution in [0, 0.1) is 5.82 Å². The highest BCUT2D eigenvalue weighted by Crippen LogP contribution is 2.20. The van der Waals surface area contributed by atoms with Crippen LogP contribution >= 0.6 is 27.5 Å². The number of hydrogen-bond acceptors (Lipinski definition) is 1. The summed E-state index contributed by atoms with van der Waals surface area (Å²) in [6.07, 6.45) is 0. The van der Waals surface area contributed by atoms with Crippen molar-refractivity contribution in [1.29, 1.82) is 0 Å². The van der Waals surface area contributed by atoms with E-state index in [-0.39, 0.29) is 10.9 Å². The molecule has 0 atom stereocenters. The van der Waals surface area contributed by atoms with Crippen LogP contribution in [0.4, 0.5) is 4.39 Å². The predicted molar refractivity (Wildman–Crippen MR) is 86.4 cm³/mol. The van der Waals surface area contributed by atoms with Crippen molar-refractivity contribution in [2.24, 2.45) is 0 Å². The van der Waals surface area contributed by atoms with Gasteiger partial charge >= 0.3 is 0 Å². The van der Waals surface area contributed by atoms with Gasteiger partial charge in [-0.05, 0) is 23.8 Å². The van der Waals surface area contributed by atoms with Crippen molar-refractivity contribution in [3.63, 3.8) is 0 Å². The minimum Gasteiger partial charge on any atom is -0.333 e. The van der Waals surface area contributed by atoms with Gasteiger partial charge in [0, 0.05) is 18.4 Å². The summed E-state index contributed by atoms with van der Waals surface area (Å²) in [6, 6.07) is 13.5. The number of amides is 1. The molecule has 2 rings (SSSR count). The van der Waals surface area contributed by atoms with E-state index in [2.05, 4.69) is 15.9 Å². The quantitative estimate of drug-likeness (QED) is 0.709. The van der Waals surface area contributed by atoms with Crippen molar-refractivity contribution in [2.45, 2.75) is 6.54 Å². The van der Waals surface area contributed by atoms with Crippen molar-refractivity contribution in [3.05, 3.63) is 70.5 Å². The molecule has 2 aromatic rings. The zero-order chi connectivity index (χ0) is 15.2. The minimum atomic E-state index is -0.452. The largest absolute Gasteiger partial charge is 0.333 e. The van der Waals surface area contributed by atoms with Gasteiger partial charge in [-0.1, -0.05) is 57.9 Å². The van der Waals surface area contributed by atoms with Crippen LogP contribution in [0.2, 0.25) is 5.02 Å². The standard InChI is InChI=1S/C16H14BrClFNO/c17-8-9-20(11-12-4-2-1-3-5-12)16(21)14-7-6-13(19)10-15(14)18/h1-7,10H,8-9,11H2. The maximum Gasteiger partial charge on any atom is 0.255 e. The molecule has 110 valence electrons. The van der Waals surface area contributed by atoms with E-state index in [0.29, 0.717) is 24.0 Å². The second-order valence-electron chi connectivity index (χ2n) is 4.53. The molecule has 2 aromatic carbocycles. The van der Waals surface area contributed by atoms with E-state index >= 15 is 0 Å². The number of nitrogens with zero attached hydrogens (tertiary/aromatic N) is 1. The van der Waals surface area contributed by atoms with Crippen LogP contribution in [-0.4, -0.2) is 22.7 Å². The van der Waals surface area contributed by atoms with Crippen molar-refractivity contribution in [2.75, 3.05) is 11.9 Å². The average Bonchev–Trinajstić information content (AvgIpc) is 2.47. The van der Waals surface area contributed by atoms with Gasteiger partial charge in [-0.2, -0.15) is 0 Å². The lowest BCUT2D eigenvalue weighted by atomic mass is 10.1. The van der Waals surface area contributed by atoms with Gasteiger partial charge in [0.05, 0.1) is 10.6 Å². The van der Waals surface area contributed by atoms with E-state index < -0.39 is 5.82 Å². The molecule has 2 nitrogen and oxygen atoms in total. The highest BCUT2D eigenvalue weighted by atomic mass is 79.9. The molecule has 1 amide bonds. The van der Waals surface area contributed by atoms with E-state index in [9.17, 15) is 9.18 Å². The van der Waals surface area contributed by atoms with Gasteiger partial charge in [-0.3, -0.25) is 4.79 Å². The highest BCUT2D eigenvalue weighted by Gasteiger charge is 2.18. The lowest BCUT2D eigenvalue weighted by molar-refractivity contribution is 0.0755. The van der Waals surface area contributed by atoms with Crippen LogP contribution < -0.4 is 0 Å². The fourth-order valence-corrected chi connectivity index (χ4v) is 2.67. The molecule has 21 heavy (non-hydrogen) atoms. The van der Waals surface area contributed by atoms with Crippen molar-refractivity contribution in [3.8, 4) is 0 Å². The normalized spacial score (nSPS) is 10.4. The summed E-state index contributed by atoms with van der Waals surface area (Å²) in [4.78, 5) is 14.3. The first-order valence-electron chi connectivity index (χ1n) is 6.46. The van der Waals surface area contributed by atoms with Gasteiger partial charge in [0.2, 0.25) is 0 Å². The molecule has 0 saturated carbocycles. The number of carbonyl (C=O) groups is 1. The van der Waals surface area contributed by atoms with E-state index in [4.69, 9.17) is 11.6 Å². The second-order valence-corrected chi connectivity index (χ2v) is 5.73. The van der Waals surface area contributed by atoms with Crippen LogP contribution in [0.5, 0.6) is 0 Å². The summed E-state index contributed by atoms with van der Waals surface area (Å²) in [7, 11) is 0. The molecule has 0 bridgehead atoms. The molecule has 0 aliphatic carbocycles. The summed E-state index contributed by atoms with van der Waals surface area (Å²) < 4.78 is 13.1. The Morgan fingerprint density at radius 1 is 1.19 bits per heavy atom. The first-order valence-corrected chi connectivity index (χ1v) is 7.96. The highest BCUT2D eigenvalue weighted by molar-refractivity contribution is 9.09. The van der Waals surface area contributed by atoms with Crippen LogP contribution in [0.25, 0.3) is 0 Å². The summed E-state index contributed by atoms with van der Waals surface area (Å²) in [6.45, 7) is 1.03. The third-order valence-corrected chi connectivity index (χ3v) is 3.69. The molecule has 0 N–H and O–H groups in total. The Labute approximate surface area is 136 Å². The first kappa shape index (κ1) is 16.0. The zero-order valence-electron chi connectivity index (χ0n) is 11.2. The average molecular weight is 371 g/mol. The van der Waals surface area contributed by atoms with Gasteiger partial charge < -0.3 is 4.90 Å². The van der Waals surface area contributed by atoms with Crippen LogP contribution in [0.1, 0.15) is 15.9 Å². The molecule has 0 unspecified atom stereocenters. The molecular formula is C16H14BrClFNO. The number of benzene rings is 2. The Hall–Kier alpha value is -1.39. The van der Waals surface area contributed by atoms with Crippen molar-refractivity contribution in [1.82, 2.24) is 4.90 Å². The number of halogens is 3. The minimum absolute atomic E-state index is 0.132.